The maximum Gasteiger partial charge on any atom is 0.265 e. The van der Waals surface area contributed by atoms with Crippen molar-refractivity contribution in [1.82, 2.24) is 4.31 Å². The normalized spacial score (nSPS) is 16.4. The molecule has 1 amide bonds. The van der Waals surface area contributed by atoms with Gasteiger partial charge in [0.05, 0.1) is 4.90 Å². The topological polar surface area (TPSA) is 75.7 Å². The van der Waals surface area contributed by atoms with Crippen LogP contribution in [-0.4, -0.2) is 37.8 Å². The number of hydrogen-bond donors (Lipinski definition) is 1. The third-order valence-electron chi connectivity index (χ3n) is 4.81. The molecule has 7 heteroatoms. The van der Waals surface area contributed by atoms with E-state index in [-0.39, 0.29) is 10.8 Å². The summed E-state index contributed by atoms with van der Waals surface area (Å²) < 4.78 is 33.2. The molecular weight excluding hydrogens is 376 g/mol. The third-order valence-corrected chi connectivity index (χ3v) is 6.85. The number of benzene rings is 2. The van der Waals surface area contributed by atoms with Crippen LogP contribution in [0.3, 0.4) is 0 Å². The first-order valence-electron chi connectivity index (χ1n) is 9.51. The van der Waals surface area contributed by atoms with Gasteiger partial charge in [-0.05, 0) is 56.5 Å². The van der Waals surface area contributed by atoms with E-state index in [1.165, 1.54) is 10.4 Å². The van der Waals surface area contributed by atoms with E-state index in [2.05, 4.69) is 5.32 Å². The molecule has 28 heavy (non-hydrogen) atoms. The van der Waals surface area contributed by atoms with Crippen LogP contribution in [0.25, 0.3) is 0 Å². The standard InChI is InChI=1S/C21H26N2O4S/c1-16-11-12-18(15-20(16)28(25,26)23-13-7-4-8-14-23)22-21(24)17(2)27-19-9-5-3-6-10-19/h3,5-6,9-12,15,17H,4,7-8,13-14H2,1-2H3,(H,22,24). The van der Waals surface area contributed by atoms with Crippen molar-refractivity contribution in [3.05, 3.63) is 54.1 Å². The number of anilines is 1. The number of nitrogens with one attached hydrogen (secondary N) is 1. The van der Waals surface area contributed by atoms with Crippen molar-refractivity contribution >= 4 is 21.6 Å². The number of para-hydroxylation sites is 1. The monoisotopic (exact) mass is 402 g/mol. The molecule has 1 unspecified atom stereocenters. The van der Waals surface area contributed by atoms with E-state index >= 15 is 0 Å². The van der Waals surface area contributed by atoms with Crippen LogP contribution < -0.4 is 10.1 Å². The number of aryl methyl sites for hydroxylation is 1. The van der Waals surface area contributed by atoms with Gasteiger partial charge < -0.3 is 10.1 Å². The van der Waals surface area contributed by atoms with Crippen LogP contribution in [0.15, 0.2) is 53.4 Å². The van der Waals surface area contributed by atoms with Gasteiger partial charge in [-0.2, -0.15) is 4.31 Å². The summed E-state index contributed by atoms with van der Waals surface area (Å²) in [6.45, 7) is 4.51. The second-order valence-corrected chi connectivity index (χ2v) is 8.91. The molecule has 1 saturated heterocycles. The number of carbonyl (C=O) groups is 1. The minimum Gasteiger partial charge on any atom is -0.481 e. The molecule has 0 aromatic heterocycles. The van der Waals surface area contributed by atoms with E-state index in [9.17, 15) is 13.2 Å². The lowest BCUT2D eigenvalue weighted by Crippen LogP contribution is -2.36. The molecule has 0 spiro atoms. The van der Waals surface area contributed by atoms with Gasteiger partial charge in [-0.3, -0.25) is 4.79 Å². The van der Waals surface area contributed by atoms with Gasteiger partial charge in [0.15, 0.2) is 6.10 Å². The predicted octanol–water partition coefficient (Wildman–Crippen LogP) is 3.58. The largest absolute Gasteiger partial charge is 0.481 e. The first kappa shape index (κ1) is 20.4. The van der Waals surface area contributed by atoms with Crippen LogP contribution in [-0.2, 0) is 14.8 Å². The van der Waals surface area contributed by atoms with Crippen LogP contribution in [0.4, 0.5) is 5.69 Å². The van der Waals surface area contributed by atoms with Crippen molar-refractivity contribution in [3.63, 3.8) is 0 Å². The van der Waals surface area contributed by atoms with Crippen LogP contribution in [0, 0.1) is 6.92 Å². The number of piperidine rings is 1. The Hall–Kier alpha value is -2.38. The fraction of sp³-hybridized carbons (Fsp3) is 0.381. The summed E-state index contributed by atoms with van der Waals surface area (Å²) in [5.74, 6) is 0.261. The summed E-state index contributed by atoms with van der Waals surface area (Å²) in [5.41, 5.74) is 1.10. The highest BCUT2D eigenvalue weighted by Crippen LogP contribution is 2.26. The molecule has 0 aliphatic carbocycles. The first-order valence-corrected chi connectivity index (χ1v) is 11.0. The molecule has 1 fully saturated rings. The fourth-order valence-electron chi connectivity index (χ4n) is 3.20. The third kappa shape index (κ3) is 4.72. The van der Waals surface area contributed by atoms with Crippen LogP contribution in [0.5, 0.6) is 5.75 Å². The number of nitrogens with zero attached hydrogens (tertiary/aromatic N) is 1. The highest BCUT2D eigenvalue weighted by Gasteiger charge is 2.28. The van der Waals surface area contributed by atoms with Gasteiger partial charge in [0.25, 0.3) is 5.91 Å². The van der Waals surface area contributed by atoms with Gasteiger partial charge in [-0.1, -0.05) is 30.7 Å². The Morgan fingerprint density at radius 2 is 1.75 bits per heavy atom. The zero-order chi connectivity index (χ0) is 20.1. The van der Waals surface area contributed by atoms with Crippen LogP contribution in [0.2, 0.25) is 0 Å². The molecule has 0 bridgehead atoms. The Labute approximate surface area is 166 Å². The Morgan fingerprint density at radius 1 is 1.07 bits per heavy atom. The molecule has 1 heterocycles. The van der Waals surface area contributed by atoms with E-state index in [0.717, 1.165) is 19.3 Å². The fourth-order valence-corrected chi connectivity index (χ4v) is 4.97. The summed E-state index contributed by atoms with van der Waals surface area (Å²) >= 11 is 0. The minimum atomic E-state index is -3.57. The summed E-state index contributed by atoms with van der Waals surface area (Å²) in [4.78, 5) is 12.7. The van der Waals surface area contributed by atoms with E-state index in [4.69, 9.17) is 4.74 Å². The lowest BCUT2D eigenvalue weighted by molar-refractivity contribution is -0.122. The lowest BCUT2D eigenvalue weighted by Gasteiger charge is -2.26. The molecule has 1 aliphatic rings. The van der Waals surface area contributed by atoms with Gasteiger partial charge in [0.2, 0.25) is 10.0 Å². The van der Waals surface area contributed by atoms with E-state index in [1.54, 1.807) is 38.1 Å². The number of carbonyl (C=O) groups excluding carboxylic acids is 1. The molecule has 3 rings (SSSR count). The number of ether oxygens (including phenoxy) is 1. The molecule has 150 valence electrons. The molecule has 1 aliphatic heterocycles. The minimum absolute atomic E-state index is 0.240. The summed E-state index contributed by atoms with van der Waals surface area (Å²) in [6.07, 6.45) is 2.10. The molecule has 0 radical (unpaired) electrons. The van der Waals surface area contributed by atoms with Gasteiger partial charge >= 0.3 is 0 Å². The zero-order valence-electron chi connectivity index (χ0n) is 16.2. The molecule has 6 nitrogen and oxygen atoms in total. The van der Waals surface area contributed by atoms with Crippen LogP contribution in [0.1, 0.15) is 31.7 Å². The SMILES string of the molecule is Cc1ccc(NC(=O)C(C)Oc2ccccc2)cc1S(=O)(=O)N1CCCCC1. The Bertz CT molecular complexity index is 923. The molecule has 1 N–H and O–H groups in total. The number of rotatable bonds is 6. The number of hydrogen-bond acceptors (Lipinski definition) is 4. The highest BCUT2D eigenvalue weighted by molar-refractivity contribution is 7.89. The summed E-state index contributed by atoms with van der Waals surface area (Å²) in [7, 11) is -3.57. The van der Waals surface area contributed by atoms with Crippen molar-refractivity contribution in [2.45, 2.75) is 44.1 Å². The molecule has 0 saturated carbocycles. The first-order chi connectivity index (χ1) is 13.4. The maximum absolute atomic E-state index is 13.0. The number of sulfonamides is 1. The molecule has 2 aromatic carbocycles. The molecule has 1 atom stereocenters. The van der Waals surface area contributed by atoms with Gasteiger partial charge in [-0.15, -0.1) is 0 Å². The highest BCUT2D eigenvalue weighted by atomic mass is 32.2. The van der Waals surface area contributed by atoms with Crippen molar-refractivity contribution in [2.75, 3.05) is 18.4 Å². The molecular formula is C21H26N2O4S. The smallest absolute Gasteiger partial charge is 0.265 e. The second-order valence-electron chi connectivity index (χ2n) is 7.01. The summed E-state index contributed by atoms with van der Waals surface area (Å²) in [6, 6.07) is 14.0. The Kier molecular flexibility index (Phi) is 6.36. The predicted molar refractivity (Wildman–Crippen MR) is 109 cm³/mol. The second kappa shape index (κ2) is 8.75. The van der Waals surface area contributed by atoms with Gasteiger partial charge in [-0.25, -0.2) is 8.42 Å². The zero-order valence-corrected chi connectivity index (χ0v) is 17.0. The van der Waals surface area contributed by atoms with Crippen molar-refractivity contribution in [2.24, 2.45) is 0 Å². The Balaban J connectivity index is 1.74. The van der Waals surface area contributed by atoms with Gasteiger partial charge in [0, 0.05) is 18.8 Å². The Morgan fingerprint density at radius 3 is 2.43 bits per heavy atom. The lowest BCUT2D eigenvalue weighted by atomic mass is 10.2. The van der Waals surface area contributed by atoms with Gasteiger partial charge in [0.1, 0.15) is 5.75 Å². The average molecular weight is 403 g/mol. The summed E-state index contributed by atoms with van der Waals surface area (Å²) in [5, 5.41) is 2.76. The van der Waals surface area contributed by atoms with E-state index in [1.807, 2.05) is 18.2 Å². The van der Waals surface area contributed by atoms with E-state index in [0.29, 0.717) is 30.1 Å². The molecule has 2 aromatic rings. The quantitative estimate of drug-likeness (QED) is 0.801. The maximum atomic E-state index is 13.0. The van der Waals surface area contributed by atoms with Crippen molar-refractivity contribution in [1.29, 1.82) is 0 Å². The van der Waals surface area contributed by atoms with Crippen LogP contribution >= 0.6 is 0 Å². The van der Waals surface area contributed by atoms with Crippen molar-refractivity contribution in [3.8, 4) is 5.75 Å². The number of amides is 1. The van der Waals surface area contributed by atoms with E-state index < -0.39 is 16.1 Å². The van der Waals surface area contributed by atoms with Crippen molar-refractivity contribution < 1.29 is 17.9 Å². The average Bonchev–Trinajstić information content (AvgIpc) is 2.70.